The van der Waals surface area contributed by atoms with E-state index in [9.17, 15) is 0 Å². The fraction of sp³-hybridized carbons (Fsp3) is 0.417. The van der Waals surface area contributed by atoms with E-state index in [0.717, 1.165) is 5.70 Å². The van der Waals surface area contributed by atoms with Crippen LogP contribution in [0.4, 0.5) is 0 Å². The number of hydrogen-bond acceptors (Lipinski definition) is 1. The fourth-order valence-electron chi connectivity index (χ4n) is 1.15. The summed E-state index contributed by atoms with van der Waals surface area (Å²) >= 11 is 0. The van der Waals surface area contributed by atoms with Crippen molar-refractivity contribution in [2.75, 3.05) is 0 Å². The SMILES string of the molecule is C=C/C(N=C)=C(/C=C\C)C(C)(C)C. The van der Waals surface area contributed by atoms with Gasteiger partial charge in [-0.3, -0.25) is 4.99 Å². The van der Waals surface area contributed by atoms with Gasteiger partial charge in [-0.25, -0.2) is 0 Å². The van der Waals surface area contributed by atoms with E-state index in [1.54, 1.807) is 6.08 Å². The Kier molecular flexibility index (Phi) is 4.39. The van der Waals surface area contributed by atoms with E-state index >= 15 is 0 Å². The quantitative estimate of drug-likeness (QED) is 0.460. The van der Waals surface area contributed by atoms with Crippen LogP contribution in [0.5, 0.6) is 0 Å². The lowest BCUT2D eigenvalue weighted by Crippen LogP contribution is -2.09. The average molecular weight is 177 g/mol. The second kappa shape index (κ2) is 4.80. The highest BCUT2D eigenvalue weighted by atomic mass is 14.7. The van der Waals surface area contributed by atoms with E-state index in [1.165, 1.54) is 5.57 Å². The topological polar surface area (TPSA) is 12.4 Å². The molecular weight excluding hydrogens is 158 g/mol. The van der Waals surface area contributed by atoms with Gasteiger partial charge in [0.1, 0.15) is 0 Å². The van der Waals surface area contributed by atoms with Gasteiger partial charge in [0.15, 0.2) is 0 Å². The van der Waals surface area contributed by atoms with Crippen LogP contribution in [0, 0.1) is 5.41 Å². The molecule has 0 aromatic heterocycles. The largest absolute Gasteiger partial charge is 0.264 e. The van der Waals surface area contributed by atoms with Crippen molar-refractivity contribution in [3.63, 3.8) is 0 Å². The first-order valence-corrected chi connectivity index (χ1v) is 4.44. The van der Waals surface area contributed by atoms with Gasteiger partial charge in [0.25, 0.3) is 0 Å². The first-order valence-electron chi connectivity index (χ1n) is 4.44. The van der Waals surface area contributed by atoms with Crippen LogP contribution >= 0.6 is 0 Å². The number of nitrogens with zero attached hydrogens (tertiary/aromatic N) is 1. The summed E-state index contributed by atoms with van der Waals surface area (Å²) in [5.74, 6) is 0. The molecule has 0 rings (SSSR count). The molecule has 0 radical (unpaired) electrons. The number of allylic oxidation sites excluding steroid dienone is 4. The Bertz CT molecular complexity index is 239. The molecule has 0 atom stereocenters. The molecule has 0 fully saturated rings. The maximum absolute atomic E-state index is 3.95. The van der Waals surface area contributed by atoms with Crippen molar-refractivity contribution in [1.29, 1.82) is 0 Å². The maximum Gasteiger partial charge on any atom is 0.0653 e. The highest BCUT2D eigenvalue weighted by Gasteiger charge is 2.17. The van der Waals surface area contributed by atoms with E-state index < -0.39 is 0 Å². The summed E-state index contributed by atoms with van der Waals surface area (Å²) in [5.41, 5.74) is 2.11. The van der Waals surface area contributed by atoms with Gasteiger partial charge in [0, 0.05) is 0 Å². The third-order valence-corrected chi connectivity index (χ3v) is 1.78. The van der Waals surface area contributed by atoms with Gasteiger partial charge in [-0.15, -0.1) is 0 Å². The summed E-state index contributed by atoms with van der Waals surface area (Å²) in [5, 5.41) is 0. The minimum Gasteiger partial charge on any atom is -0.264 e. The average Bonchev–Trinajstić information content (AvgIpc) is 2.03. The molecule has 0 saturated heterocycles. The van der Waals surface area contributed by atoms with Crippen LogP contribution in [-0.2, 0) is 0 Å². The van der Waals surface area contributed by atoms with E-state index in [2.05, 4.69) is 45.1 Å². The molecule has 0 spiro atoms. The van der Waals surface area contributed by atoms with Gasteiger partial charge in [-0.2, -0.15) is 0 Å². The minimum atomic E-state index is 0.0806. The molecular formula is C12H19N. The molecule has 1 heteroatoms. The monoisotopic (exact) mass is 177 g/mol. The number of aliphatic imine (C=N–C) groups is 1. The van der Waals surface area contributed by atoms with Gasteiger partial charge >= 0.3 is 0 Å². The van der Waals surface area contributed by atoms with Crippen LogP contribution in [-0.4, -0.2) is 6.72 Å². The molecule has 0 amide bonds. The van der Waals surface area contributed by atoms with E-state index in [-0.39, 0.29) is 5.41 Å². The Balaban J connectivity index is 5.33. The van der Waals surface area contributed by atoms with E-state index in [0.29, 0.717) is 0 Å². The first-order chi connectivity index (χ1) is 5.97. The summed E-state index contributed by atoms with van der Waals surface area (Å²) in [6, 6.07) is 0. The smallest absolute Gasteiger partial charge is 0.0653 e. The molecule has 72 valence electrons. The van der Waals surface area contributed by atoms with Crippen LogP contribution in [0.15, 0.2) is 41.1 Å². The molecule has 0 saturated carbocycles. The second-order valence-corrected chi connectivity index (χ2v) is 3.91. The van der Waals surface area contributed by atoms with Crippen LogP contribution in [0.3, 0.4) is 0 Å². The van der Waals surface area contributed by atoms with Crippen LogP contribution in [0.1, 0.15) is 27.7 Å². The molecule has 1 nitrogen and oxygen atoms in total. The Morgan fingerprint density at radius 2 is 1.85 bits per heavy atom. The van der Waals surface area contributed by atoms with Crippen molar-refractivity contribution in [3.05, 3.63) is 36.1 Å². The molecule has 0 aliphatic carbocycles. The Morgan fingerprint density at radius 3 is 2.08 bits per heavy atom. The predicted molar refractivity (Wildman–Crippen MR) is 61.0 cm³/mol. The Morgan fingerprint density at radius 1 is 1.31 bits per heavy atom. The van der Waals surface area contributed by atoms with Crippen molar-refractivity contribution in [1.82, 2.24) is 0 Å². The van der Waals surface area contributed by atoms with Gasteiger partial charge < -0.3 is 0 Å². The molecule has 0 aromatic rings. The molecule has 0 bridgehead atoms. The Hall–Kier alpha value is -1.11. The second-order valence-electron chi connectivity index (χ2n) is 3.91. The van der Waals surface area contributed by atoms with Crippen molar-refractivity contribution >= 4 is 6.72 Å². The standard InChI is InChI=1S/C12H19N/c1-7-9-10(12(3,4)5)11(8-2)13-6/h7-9H,2,6H2,1,3-5H3/b9-7-,11-10+. The van der Waals surface area contributed by atoms with E-state index in [4.69, 9.17) is 0 Å². The highest BCUT2D eigenvalue weighted by Crippen LogP contribution is 2.29. The van der Waals surface area contributed by atoms with Gasteiger partial charge in [-0.05, 0) is 30.7 Å². The lowest BCUT2D eigenvalue weighted by Gasteiger charge is -2.21. The molecule has 0 aliphatic rings. The summed E-state index contributed by atoms with van der Waals surface area (Å²) in [4.78, 5) is 3.95. The highest BCUT2D eigenvalue weighted by molar-refractivity contribution is 5.41. The maximum atomic E-state index is 3.95. The van der Waals surface area contributed by atoms with E-state index in [1.807, 2.05) is 13.0 Å². The molecule has 0 N–H and O–H groups in total. The zero-order valence-corrected chi connectivity index (χ0v) is 9.09. The number of rotatable bonds is 3. The third-order valence-electron chi connectivity index (χ3n) is 1.78. The third kappa shape index (κ3) is 3.41. The lowest BCUT2D eigenvalue weighted by molar-refractivity contribution is 0.513. The normalized spacial score (nSPS) is 14.2. The van der Waals surface area contributed by atoms with Crippen LogP contribution in [0.2, 0.25) is 0 Å². The van der Waals surface area contributed by atoms with Gasteiger partial charge in [0.2, 0.25) is 0 Å². The van der Waals surface area contributed by atoms with Gasteiger partial charge in [0.05, 0.1) is 5.70 Å². The summed E-state index contributed by atoms with van der Waals surface area (Å²) in [6.45, 7) is 15.7. The lowest BCUT2D eigenvalue weighted by atomic mass is 9.84. The summed E-state index contributed by atoms with van der Waals surface area (Å²) in [6.07, 6.45) is 5.81. The molecule has 0 unspecified atom stereocenters. The van der Waals surface area contributed by atoms with Crippen molar-refractivity contribution < 1.29 is 0 Å². The van der Waals surface area contributed by atoms with Crippen LogP contribution < -0.4 is 0 Å². The predicted octanol–water partition coefficient (Wildman–Crippen LogP) is 3.75. The van der Waals surface area contributed by atoms with Crippen molar-refractivity contribution in [2.24, 2.45) is 10.4 Å². The van der Waals surface area contributed by atoms with Gasteiger partial charge in [-0.1, -0.05) is 39.5 Å². The van der Waals surface area contributed by atoms with Crippen LogP contribution in [0.25, 0.3) is 0 Å². The fourth-order valence-corrected chi connectivity index (χ4v) is 1.15. The first kappa shape index (κ1) is 11.9. The zero-order valence-electron chi connectivity index (χ0n) is 9.09. The molecule has 0 aliphatic heterocycles. The summed E-state index contributed by atoms with van der Waals surface area (Å²) in [7, 11) is 0. The van der Waals surface area contributed by atoms with Crippen molar-refractivity contribution in [2.45, 2.75) is 27.7 Å². The van der Waals surface area contributed by atoms with Crippen molar-refractivity contribution in [3.8, 4) is 0 Å². The summed E-state index contributed by atoms with van der Waals surface area (Å²) < 4.78 is 0. The molecule has 0 aromatic carbocycles. The zero-order chi connectivity index (χ0) is 10.5. The minimum absolute atomic E-state index is 0.0806. The molecule has 0 heterocycles. The molecule has 13 heavy (non-hydrogen) atoms. The number of hydrogen-bond donors (Lipinski definition) is 0. The Labute approximate surface area is 81.6 Å².